The van der Waals surface area contributed by atoms with E-state index in [2.05, 4.69) is 0 Å². The first-order valence-corrected chi connectivity index (χ1v) is 7.27. The van der Waals surface area contributed by atoms with Gasteiger partial charge in [0.25, 0.3) is 0 Å². The third-order valence-corrected chi connectivity index (χ3v) is 3.84. The second-order valence-electron chi connectivity index (χ2n) is 4.55. The van der Waals surface area contributed by atoms with E-state index in [4.69, 9.17) is 10.5 Å². The number of rotatable bonds is 5. The van der Waals surface area contributed by atoms with E-state index in [1.54, 1.807) is 36.5 Å². The summed E-state index contributed by atoms with van der Waals surface area (Å²) >= 11 is 1.58. The third kappa shape index (κ3) is 3.14. The Kier molecular flexibility index (Phi) is 4.56. The van der Waals surface area contributed by atoms with Crippen LogP contribution in [0.3, 0.4) is 0 Å². The average molecular weight is 279 g/mol. The summed E-state index contributed by atoms with van der Waals surface area (Å²) in [5, 5.41) is 3.97. The predicted molar refractivity (Wildman–Crippen MR) is 77.1 cm³/mol. The number of benzene rings is 1. The molecule has 0 saturated heterocycles. The Balaban J connectivity index is 2.28. The molecule has 1 aromatic carbocycles. The molecule has 0 radical (unpaired) electrons. The highest BCUT2D eigenvalue weighted by Crippen LogP contribution is 2.29. The number of nitrogens with two attached hydrogens (primary N) is 1. The summed E-state index contributed by atoms with van der Waals surface area (Å²) in [6.07, 6.45) is 0.459. The topological polar surface area (TPSA) is 35.2 Å². The molecule has 0 aliphatic heterocycles. The van der Waals surface area contributed by atoms with Gasteiger partial charge in [-0.15, -0.1) is 0 Å². The smallest absolute Gasteiger partial charge is 0.167 e. The molecule has 0 aliphatic rings. The maximum Gasteiger partial charge on any atom is 0.167 e. The van der Waals surface area contributed by atoms with Crippen LogP contribution in [0.4, 0.5) is 4.39 Å². The van der Waals surface area contributed by atoms with Crippen molar-refractivity contribution in [2.45, 2.75) is 32.4 Å². The predicted octanol–water partition coefficient (Wildman–Crippen LogP) is 4.05. The van der Waals surface area contributed by atoms with Gasteiger partial charge in [-0.05, 0) is 41.8 Å². The van der Waals surface area contributed by atoms with Crippen molar-refractivity contribution < 1.29 is 9.13 Å². The van der Waals surface area contributed by atoms with Gasteiger partial charge in [0.2, 0.25) is 0 Å². The van der Waals surface area contributed by atoms with E-state index >= 15 is 0 Å². The molecule has 0 bridgehead atoms. The summed E-state index contributed by atoms with van der Waals surface area (Å²) in [5.74, 6) is -0.0499. The van der Waals surface area contributed by atoms with Crippen LogP contribution in [0.15, 0.2) is 35.0 Å². The molecule has 0 saturated carbocycles. The van der Waals surface area contributed by atoms with E-state index in [0.29, 0.717) is 5.56 Å². The highest BCUT2D eigenvalue weighted by molar-refractivity contribution is 7.07. The van der Waals surface area contributed by atoms with Crippen LogP contribution >= 0.6 is 11.3 Å². The van der Waals surface area contributed by atoms with Gasteiger partial charge < -0.3 is 10.5 Å². The largest absolute Gasteiger partial charge is 0.481 e. The molecule has 1 heterocycles. The molecule has 2 unspecified atom stereocenters. The van der Waals surface area contributed by atoms with E-state index < -0.39 is 0 Å². The fourth-order valence-corrected chi connectivity index (χ4v) is 2.59. The Morgan fingerprint density at radius 3 is 2.79 bits per heavy atom. The Morgan fingerprint density at radius 2 is 2.16 bits per heavy atom. The van der Waals surface area contributed by atoms with Gasteiger partial charge in [-0.2, -0.15) is 11.3 Å². The standard InChI is InChI=1S/C15H18FNOS/c1-3-12(17)15(11-7-8-19-9-11)18-13-6-4-5-10(2)14(13)16/h4-9,12,15H,3,17H2,1-2H3. The van der Waals surface area contributed by atoms with Crippen molar-refractivity contribution in [3.05, 3.63) is 52.0 Å². The van der Waals surface area contributed by atoms with Crippen molar-refractivity contribution >= 4 is 11.3 Å². The average Bonchev–Trinajstić information content (AvgIpc) is 2.93. The number of aryl methyl sites for hydroxylation is 1. The van der Waals surface area contributed by atoms with Crippen molar-refractivity contribution in [2.75, 3.05) is 0 Å². The number of thiophene rings is 1. The molecule has 19 heavy (non-hydrogen) atoms. The molecule has 2 N–H and O–H groups in total. The zero-order valence-corrected chi connectivity index (χ0v) is 11.9. The lowest BCUT2D eigenvalue weighted by molar-refractivity contribution is 0.164. The van der Waals surface area contributed by atoms with Crippen molar-refractivity contribution in [2.24, 2.45) is 5.73 Å². The summed E-state index contributed by atoms with van der Waals surface area (Å²) < 4.78 is 19.8. The lowest BCUT2D eigenvalue weighted by atomic mass is 10.0. The minimum absolute atomic E-state index is 0.158. The monoisotopic (exact) mass is 279 g/mol. The van der Waals surface area contributed by atoms with Gasteiger partial charge in [0.15, 0.2) is 11.6 Å². The lowest BCUT2D eigenvalue weighted by Crippen LogP contribution is -2.31. The Morgan fingerprint density at radius 1 is 1.37 bits per heavy atom. The van der Waals surface area contributed by atoms with Crippen LogP contribution in [0.25, 0.3) is 0 Å². The normalized spacial score (nSPS) is 14.1. The summed E-state index contributed by atoms with van der Waals surface area (Å²) in [4.78, 5) is 0. The zero-order valence-electron chi connectivity index (χ0n) is 11.1. The highest BCUT2D eigenvalue weighted by atomic mass is 32.1. The highest BCUT2D eigenvalue weighted by Gasteiger charge is 2.22. The quantitative estimate of drug-likeness (QED) is 0.896. The van der Waals surface area contributed by atoms with E-state index in [9.17, 15) is 4.39 Å². The molecule has 2 atom stereocenters. The molecule has 0 amide bonds. The molecule has 2 aromatic rings. The van der Waals surface area contributed by atoms with Gasteiger partial charge in [0.05, 0.1) is 0 Å². The Hall–Kier alpha value is -1.39. The minimum atomic E-state index is -0.314. The van der Waals surface area contributed by atoms with Crippen LogP contribution in [0.2, 0.25) is 0 Å². The number of hydrogen-bond acceptors (Lipinski definition) is 3. The molecule has 2 nitrogen and oxygen atoms in total. The van der Waals surface area contributed by atoms with Crippen LogP contribution in [0.5, 0.6) is 5.75 Å². The summed E-state index contributed by atoms with van der Waals surface area (Å²) in [6, 6.07) is 6.97. The summed E-state index contributed by atoms with van der Waals surface area (Å²) in [5.41, 5.74) is 7.68. The van der Waals surface area contributed by atoms with E-state index in [1.165, 1.54) is 0 Å². The molecule has 0 spiro atoms. The van der Waals surface area contributed by atoms with Crippen LogP contribution in [0, 0.1) is 12.7 Å². The van der Waals surface area contributed by atoms with Gasteiger partial charge in [-0.25, -0.2) is 4.39 Å². The number of halogens is 1. The van der Waals surface area contributed by atoms with Gasteiger partial charge >= 0.3 is 0 Å². The van der Waals surface area contributed by atoms with Gasteiger partial charge in [0, 0.05) is 11.6 Å². The van der Waals surface area contributed by atoms with Crippen molar-refractivity contribution in [1.29, 1.82) is 0 Å². The van der Waals surface area contributed by atoms with Crippen LogP contribution in [0.1, 0.15) is 30.6 Å². The first-order valence-electron chi connectivity index (χ1n) is 6.33. The van der Waals surface area contributed by atoms with Crippen molar-refractivity contribution in [3.63, 3.8) is 0 Å². The van der Waals surface area contributed by atoms with Crippen LogP contribution < -0.4 is 10.5 Å². The first kappa shape index (κ1) is 14.0. The molecular formula is C15H18FNOS. The van der Waals surface area contributed by atoms with Gasteiger partial charge in [-0.1, -0.05) is 19.1 Å². The second-order valence-corrected chi connectivity index (χ2v) is 5.33. The molecule has 102 valence electrons. The molecular weight excluding hydrogens is 261 g/mol. The number of hydrogen-bond donors (Lipinski definition) is 1. The maximum absolute atomic E-state index is 14.0. The van der Waals surface area contributed by atoms with Gasteiger partial charge in [0.1, 0.15) is 6.10 Å². The van der Waals surface area contributed by atoms with Crippen LogP contribution in [-0.4, -0.2) is 6.04 Å². The van der Waals surface area contributed by atoms with Crippen molar-refractivity contribution in [1.82, 2.24) is 0 Å². The number of ether oxygens (including phenoxy) is 1. The molecule has 0 aliphatic carbocycles. The Labute approximate surface area is 117 Å². The zero-order chi connectivity index (χ0) is 13.8. The molecule has 4 heteroatoms. The summed E-state index contributed by atoms with van der Waals surface area (Å²) in [7, 11) is 0. The van der Waals surface area contributed by atoms with Gasteiger partial charge in [-0.3, -0.25) is 0 Å². The van der Waals surface area contributed by atoms with Crippen molar-refractivity contribution in [3.8, 4) is 5.75 Å². The van der Waals surface area contributed by atoms with E-state index in [1.807, 2.05) is 23.8 Å². The van der Waals surface area contributed by atoms with E-state index in [-0.39, 0.29) is 23.7 Å². The maximum atomic E-state index is 14.0. The fourth-order valence-electron chi connectivity index (χ4n) is 1.90. The molecule has 0 fully saturated rings. The first-order chi connectivity index (χ1) is 9.13. The molecule has 2 rings (SSSR count). The summed E-state index contributed by atoms with van der Waals surface area (Å²) in [6.45, 7) is 3.72. The Bertz CT molecular complexity index is 527. The third-order valence-electron chi connectivity index (χ3n) is 3.14. The van der Waals surface area contributed by atoms with E-state index in [0.717, 1.165) is 12.0 Å². The minimum Gasteiger partial charge on any atom is -0.481 e. The van der Waals surface area contributed by atoms with Crippen LogP contribution in [-0.2, 0) is 0 Å². The lowest BCUT2D eigenvalue weighted by Gasteiger charge is -2.24. The second kappa shape index (κ2) is 6.17. The SMILES string of the molecule is CCC(N)C(Oc1cccc(C)c1F)c1ccsc1. The fraction of sp³-hybridized carbons (Fsp3) is 0.333. The molecule has 1 aromatic heterocycles.